The van der Waals surface area contributed by atoms with Crippen molar-refractivity contribution in [2.45, 2.75) is 6.61 Å². The Hall–Kier alpha value is -2.67. The predicted molar refractivity (Wildman–Crippen MR) is 105 cm³/mol. The van der Waals surface area contributed by atoms with E-state index in [-0.39, 0.29) is 17.6 Å². The number of carbonyl (C=O) groups excluding carboxylic acids is 1. The van der Waals surface area contributed by atoms with Crippen LogP contribution in [0.4, 0.5) is 5.69 Å². The quantitative estimate of drug-likeness (QED) is 0.585. The minimum Gasteiger partial charge on any atom is -0.459 e. The fourth-order valence-corrected chi connectivity index (χ4v) is 2.68. The maximum atomic E-state index is 12.1. The third kappa shape index (κ3) is 4.29. The summed E-state index contributed by atoms with van der Waals surface area (Å²) < 4.78 is 5.52. The van der Waals surface area contributed by atoms with Gasteiger partial charge in [0.1, 0.15) is 18.1 Å². The Morgan fingerprint density at radius 3 is 2.58 bits per heavy atom. The summed E-state index contributed by atoms with van der Waals surface area (Å²) in [5.74, 6) is 0.747. The molecule has 0 bridgehead atoms. The molecule has 3 aromatic rings. The van der Waals surface area contributed by atoms with Crippen LogP contribution in [0.2, 0.25) is 5.02 Å². The lowest BCUT2D eigenvalue weighted by atomic mass is 10.1. The van der Waals surface area contributed by atoms with Gasteiger partial charge in [0.15, 0.2) is 5.11 Å². The molecule has 3 N–H and O–H groups in total. The molecule has 0 saturated heterocycles. The third-order valence-electron chi connectivity index (χ3n) is 3.58. The normalized spacial score (nSPS) is 10.4. The summed E-state index contributed by atoms with van der Waals surface area (Å²) in [5, 5.41) is 15.2. The molecule has 2 aromatic carbocycles. The van der Waals surface area contributed by atoms with Crippen molar-refractivity contribution in [2.24, 2.45) is 0 Å². The van der Waals surface area contributed by atoms with Gasteiger partial charge < -0.3 is 14.8 Å². The lowest BCUT2D eigenvalue weighted by Crippen LogP contribution is -2.34. The highest BCUT2D eigenvalue weighted by Gasteiger charge is 2.11. The number of hydrogen-bond acceptors (Lipinski definition) is 4. The highest BCUT2D eigenvalue weighted by atomic mass is 35.5. The number of anilines is 1. The maximum absolute atomic E-state index is 12.1. The molecule has 0 radical (unpaired) electrons. The van der Waals surface area contributed by atoms with Crippen molar-refractivity contribution in [2.75, 3.05) is 5.32 Å². The molecule has 0 aliphatic heterocycles. The second-order valence-electron chi connectivity index (χ2n) is 5.39. The number of hydrogen-bond donors (Lipinski definition) is 3. The van der Waals surface area contributed by atoms with Crippen molar-refractivity contribution in [3.63, 3.8) is 0 Å². The van der Waals surface area contributed by atoms with E-state index in [4.69, 9.17) is 33.3 Å². The number of benzene rings is 2. The summed E-state index contributed by atoms with van der Waals surface area (Å²) in [4.78, 5) is 12.1. The number of amides is 1. The molecule has 0 fully saturated rings. The van der Waals surface area contributed by atoms with Crippen LogP contribution in [0, 0.1) is 0 Å². The number of aliphatic hydroxyl groups excluding tert-OH is 1. The zero-order valence-corrected chi connectivity index (χ0v) is 15.1. The summed E-state index contributed by atoms with van der Waals surface area (Å²) in [6.45, 7) is -0.172. The van der Waals surface area contributed by atoms with Crippen LogP contribution in [0.1, 0.15) is 16.1 Å². The lowest BCUT2D eigenvalue weighted by molar-refractivity contribution is 0.0977. The summed E-state index contributed by atoms with van der Waals surface area (Å²) in [7, 11) is 0. The van der Waals surface area contributed by atoms with E-state index < -0.39 is 0 Å². The molecule has 7 heteroatoms. The smallest absolute Gasteiger partial charge is 0.257 e. The third-order valence-corrected chi connectivity index (χ3v) is 4.11. The minimum absolute atomic E-state index is 0.133. The van der Waals surface area contributed by atoms with Crippen molar-refractivity contribution < 1.29 is 14.3 Å². The molecule has 0 spiro atoms. The summed E-state index contributed by atoms with van der Waals surface area (Å²) in [6.07, 6.45) is 0. The molecule has 5 nitrogen and oxygen atoms in total. The molecule has 132 valence electrons. The van der Waals surface area contributed by atoms with Gasteiger partial charge in [0.25, 0.3) is 5.91 Å². The van der Waals surface area contributed by atoms with Crippen LogP contribution in [0.3, 0.4) is 0 Å². The van der Waals surface area contributed by atoms with Gasteiger partial charge >= 0.3 is 0 Å². The van der Waals surface area contributed by atoms with Crippen LogP contribution in [0.15, 0.2) is 65.1 Å². The Morgan fingerprint density at radius 1 is 1.12 bits per heavy atom. The standard InChI is InChI=1S/C19H15ClN2O3S/c20-15-8-6-13(17-9-7-14(11-23)25-17)10-16(15)21-19(26)22-18(24)12-4-2-1-3-5-12/h1-10,23H,11H2,(H2,21,22,24,26). The SMILES string of the molecule is O=C(NC(=S)Nc1cc(-c2ccc(CO)o2)ccc1Cl)c1ccccc1. The van der Waals surface area contributed by atoms with Crippen LogP contribution in [-0.4, -0.2) is 16.1 Å². The van der Waals surface area contributed by atoms with Crippen molar-refractivity contribution in [3.05, 3.63) is 77.0 Å². The first-order valence-electron chi connectivity index (χ1n) is 7.73. The van der Waals surface area contributed by atoms with E-state index in [9.17, 15) is 4.79 Å². The van der Waals surface area contributed by atoms with Gasteiger partial charge in [-0.1, -0.05) is 29.8 Å². The van der Waals surface area contributed by atoms with Gasteiger partial charge in [-0.15, -0.1) is 0 Å². The molecular weight excluding hydrogens is 372 g/mol. The van der Waals surface area contributed by atoms with Gasteiger partial charge in [0.05, 0.1) is 10.7 Å². The lowest BCUT2D eigenvalue weighted by Gasteiger charge is -2.12. The van der Waals surface area contributed by atoms with E-state index in [1.165, 1.54) is 0 Å². The Kier molecular flexibility index (Phi) is 5.68. The Balaban J connectivity index is 1.73. The molecule has 1 aromatic heterocycles. The number of furan rings is 1. The molecular formula is C19H15ClN2O3S. The molecule has 0 aliphatic rings. The first-order valence-corrected chi connectivity index (χ1v) is 8.52. The van der Waals surface area contributed by atoms with E-state index in [1.807, 2.05) is 6.07 Å². The highest BCUT2D eigenvalue weighted by molar-refractivity contribution is 7.80. The average Bonchev–Trinajstić information content (AvgIpc) is 3.13. The zero-order chi connectivity index (χ0) is 18.5. The predicted octanol–water partition coefficient (Wildman–Crippen LogP) is 4.22. The van der Waals surface area contributed by atoms with E-state index in [1.54, 1.807) is 54.6 Å². The monoisotopic (exact) mass is 386 g/mol. The molecule has 1 heterocycles. The maximum Gasteiger partial charge on any atom is 0.257 e. The number of nitrogens with one attached hydrogen (secondary N) is 2. The van der Waals surface area contributed by atoms with Crippen molar-refractivity contribution in [1.29, 1.82) is 0 Å². The van der Waals surface area contributed by atoms with Crippen LogP contribution >= 0.6 is 23.8 Å². The second kappa shape index (κ2) is 8.14. The van der Waals surface area contributed by atoms with Crippen molar-refractivity contribution >= 4 is 40.5 Å². The van der Waals surface area contributed by atoms with Crippen LogP contribution in [0.25, 0.3) is 11.3 Å². The molecule has 0 saturated carbocycles. The van der Waals surface area contributed by atoms with Gasteiger partial charge in [-0.3, -0.25) is 10.1 Å². The van der Waals surface area contributed by atoms with Crippen LogP contribution < -0.4 is 10.6 Å². The van der Waals surface area contributed by atoms with E-state index in [2.05, 4.69) is 10.6 Å². The van der Waals surface area contributed by atoms with Crippen LogP contribution in [0.5, 0.6) is 0 Å². The highest BCUT2D eigenvalue weighted by Crippen LogP contribution is 2.30. The number of thiocarbonyl (C=S) groups is 1. The van der Waals surface area contributed by atoms with Crippen LogP contribution in [-0.2, 0) is 6.61 Å². The van der Waals surface area contributed by atoms with Gasteiger partial charge in [0.2, 0.25) is 0 Å². The summed E-state index contributed by atoms with van der Waals surface area (Å²) in [5.41, 5.74) is 1.79. The largest absolute Gasteiger partial charge is 0.459 e. The molecule has 0 aliphatic carbocycles. The van der Waals surface area contributed by atoms with Crippen molar-refractivity contribution in [1.82, 2.24) is 5.32 Å². The van der Waals surface area contributed by atoms with E-state index in [0.29, 0.717) is 27.8 Å². The molecule has 0 unspecified atom stereocenters. The topological polar surface area (TPSA) is 74.5 Å². The Morgan fingerprint density at radius 2 is 1.88 bits per heavy atom. The first-order chi connectivity index (χ1) is 12.6. The minimum atomic E-state index is -0.311. The molecule has 26 heavy (non-hydrogen) atoms. The first kappa shape index (κ1) is 18.1. The van der Waals surface area contributed by atoms with Gasteiger partial charge in [-0.05, 0) is 54.7 Å². The van der Waals surface area contributed by atoms with Crippen molar-refractivity contribution in [3.8, 4) is 11.3 Å². The summed E-state index contributed by atoms with van der Waals surface area (Å²) >= 11 is 11.4. The number of rotatable bonds is 4. The molecule has 1 amide bonds. The fraction of sp³-hybridized carbons (Fsp3) is 0.0526. The van der Waals surface area contributed by atoms with Gasteiger partial charge in [-0.2, -0.15) is 0 Å². The second-order valence-corrected chi connectivity index (χ2v) is 6.21. The summed E-state index contributed by atoms with van der Waals surface area (Å²) in [6, 6.07) is 17.5. The number of aliphatic hydroxyl groups is 1. The van der Waals surface area contributed by atoms with E-state index >= 15 is 0 Å². The zero-order valence-electron chi connectivity index (χ0n) is 13.5. The number of carbonyl (C=O) groups is 1. The molecule has 0 atom stereocenters. The number of halogens is 1. The Labute approximate surface area is 160 Å². The fourth-order valence-electron chi connectivity index (χ4n) is 2.31. The average molecular weight is 387 g/mol. The van der Waals surface area contributed by atoms with Gasteiger partial charge in [-0.25, -0.2) is 0 Å². The van der Waals surface area contributed by atoms with Gasteiger partial charge in [0, 0.05) is 11.1 Å². The Bertz CT molecular complexity index is 941. The molecule has 3 rings (SSSR count). The van der Waals surface area contributed by atoms with E-state index in [0.717, 1.165) is 5.56 Å².